The number of H-pyrrole nitrogens is 1. The topological polar surface area (TPSA) is 70.9 Å². The molecule has 0 radical (unpaired) electrons. The average Bonchev–Trinajstić information content (AvgIpc) is 3.20. The second-order valence-corrected chi connectivity index (χ2v) is 8.07. The van der Waals surface area contributed by atoms with Crippen LogP contribution in [0.15, 0.2) is 54.6 Å². The zero-order valence-electron chi connectivity index (χ0n) is 17.4. The fraction of sp³-hybridized carbons (Fsp3) is 0.120. The highest BCUT2D eigenvalue weighted by Gasteiger charge is 2.14. The summed E-state index contributed by atoms with van der Waals surface area (Å²) in [5, 5.41) is 10.8. The number of rotatable bonds is 6. The van der Waals surface area contributed by atoms with Crippen molar-refractivity contribution in [3.05, 3.63) is 87.2 Å². The van der Waals surface area contributed by atoms with E-state index in [0.717, 1.165) is 22.2 Å². The molecule has 4 aromatic rings. The number of methoxy groups -OCH3 is 1. The molecule has 0 saturated heterocycles. The van der Waals surface area contributed by atoms with Gasteiger partial charge in [-0.3, -0.25) is 0 Å². The van der Waals surface area contributed by atoms with Crippen molar-refractivity contribution >= 4 is 45.9 Å². The number of hydrogen-bond acceptors (Lipinski definition) is 4. The summed E-state index contributed by atoms with van der Waals surface area (Å²) in [6.45, 7) is 2.32. The molecule has 0 atom stereocenters. The number of hydrogen-bond donors (Lipinski definition) is 1. The normalized spacial score (nSPS) is 11.4. The third-order valence-electron chi connectivity index (χ3n) is 4.87. The Hall–Kier alpha value is -3.46. The molecule has 0 aliphatic carbocycles. The number of aryl methyl sites for hydroxylation is 1. The first-order chi connectivity index (χ1) is 15.5. The number of benzene rings is 3. The van der Waals surface area contributed by atoms with Crippen molar-refractivity contribution < 1.29 is 9.47 Å². The zero-order valence-corrected chi connectivity index (χ0v) is 19.0. The molecule has 0 saturated carbocycles. The van der Waals surface area contributed by atoms with Crippen molar-refractivity contribution in [1.29, 1.82) is 5.26 Å². The van der Waals surface area contributed by atoms with Crippen LogP contribution in [0.25, 0.3) is 22.7 Å². The maximum Gasteiger partial charge on any atom is 0.180 e. The van der Waals surface area contributed by atoms with Crippen LogP contribution in [0.1, 0.15) is 22.5 Å². The van der Waals surface area contributed by atoms with E-state index in [9.17, 15) is 5.26 Å². The van der Waals surface area contributed by atoms with Crippen LogP contribution < -0.4 is 9.47 Å². The Bertz CT molecular complexity index is 1350. The second-order valence-electron chi connectivity index (χ2n) is 7.23. The van der Waals surface area contributed by atoms with E-state index >= 15 is 0 Å². The number of halogens is 2. The number of aromatic nitrogens is 2. The minimum Gasteiger partial charge on any atom is -0.493 e. The van der Waals surface area contributed by atoms with Gasteiger partial charge in [-0.25, -0.2) is 4.98 Å². The van der Waals surface area contributed by atoms with E-state index in [1.165, 1.54) is 0 Å². The lowest BCUT2D eigenvalue weighted by molar-refractivity contribution is 0.284. The first-order valence-electron chi connectivity index (χ1n) is 9.80. The summed E-state index contributed by atoms with van der Waals surface area (Å²) in [5.74, 6) is 1.39. The van der Waals surface area contributed by atoms with Gasteiger partial charge < -0.3 is 14.5 Å². The first kappa shape index (κ1) is 21.8. The number of allylic oxidation sites excluding steroid dienone is 1. The molecule has 0 spiro atoms. The van der Waals surface area contributed by atoms with Gasteiger partial charge >= 0.3 is 0 Å². The highest BCUT2D eigenvalue weighted by molar-refractivity contribution is 6.32. The first-order valence-corrected chi connectivity index (χ1v) is 10.6. The fourth-order valence-corrected chi connectivity index (χ4v) is 3.67. The molecule has 0 amide bonds. The van der Waals surface area contributed by atoms with Crippen molar-refractivity contribution in [3.8, 4) is 17.6 Å². The largest absolute Gasteiger partial charge is 0.493 e. The third kappa shape index (κ3) is 4.72. The van der Waals surface area contributed by atoms with Gasteiger partial charge in [0.15, 0.2) is 11.5 Å². The fourth-order valence-electron chi connectivity index (χ4n) is 3.27. The van der Waals surface area contributed by atoms with E-state index < -0.39 is 0 Å². The van der Waals surface area contributed by atoms with Gasteiger partial charge in [-0.2, -0.15) is 5.26 Å². The Kier molecular flexibility index (Phi) is 6.36. The summed E-state index contributed by atoms with van der Waals surface area (Å²) >= 11 is 12.4. The van der Waals surface area contributed by atoms with E-state index in [2.05, 4.69) is 16.0 Å². The lowest BCUT2D eigenvalue weighted by Gasteiger charge is -2.13. The number of nitriles is 1. The van der Waals surface area contributed by atoms with Crippen LogP contribution in [0.2, 0.25) is 10.0 Å². The molecule has 0 fully saturated rings. The van der Waals surface area contributed by atoms with E-state index in [-0.39, 0.29) is 0 Å². The second kappa shape index (κ2) is 9.35. The van der Waals surface area contributed by atoms with Gasteiger partial charge in [0, 0.05) is 5.02 Å². The predicted octanol–water partition coefficient (Wildman–Crippen LogP) is 6.83. The molecule has 0 bridgehead atoms. The molecule has 32 heavy (non-hydrogen) atoms. The molecule has 1 aromatic heterocycles. The Balaban J connectivity index is 1.63. The Labute approximate surface area is 195 Å². The molecule has 1 N–H and O–H groups in total. The van der Waals surface area contributed by atoms with E-state index in [0.29, 0.717) is 45.1 Å². The summed E-state index contributed by atoms with van der Waals surface area (Å²) in [7, 11) is 1.54. The highest BCUT2D eigenvalue weighted by atomic mass is 35.5. The van der Waals surface area contributed by atoms with Crippen molar-refractivity contribution in [1.82, 2.24) is 9.97 Å². The van der Waals surface area contributed by atoms with Crippen molar-refractivity contribution in [2.75, 3.05) is 7.11 Å². The minimum atomic E-state index is 0.310. The van der Waals surface area contributed by atoms with Crippen LogP contribution in [0.4, 0.5) is 0 Å². The Morgan fingerprint density at radius 2 is 1.91 bits per heavy atom. The molecular formula is C25H19Cl2N3O2. The van der Waals surface area contributed by atoms with Crippen molar-refractivity contribution in [3.63, 3.8) is 0 Å². The number of ether oxygens (including phenoxy) is 2. The summed E-state index contributed by atoms with van der Waals surface area (Å²) in [6.07, 6.45) is 1.71. The van der Waals surface area contributed by atoms with Gasteiger partial charge in [0.25, 0.3) is 0 Å². The van der Waals surface area contributed by atoms with Gasteiger partial charge in [0.1, 0.15) is 18.5 Å². The van der Waals surface area contributed by atoms with Crippen LogP contribution in [0.5, 0.6) is 11.5 Å². The van der Waals surface area contributed by atoms with Crippen LogP contribution in [0.3, 0.4) is 0 Å². The lowest BCUT2D eigenvalue weighted by Crippen LogP contribution is -1.99. The SMILES string of the molecule is COc1cc(C=C(C#N)c2nc3ccc(C)cc3[nH]2)cc(Cl)c1OCc1ccc(Cl)cc1. The summed E-state index contributed by atoms with van der Waals surface area (Å²) in [6, 6.07) is 19.0. The number of imidazole rings is 1. The van der Waals surface area contributed by atoms with Crippen LogP contribution in [-0.4, -0.2) is 17.1 Å². The molecule has 0 unspecified atom stereocenters. The minimum absolute atomic E-state index is 0.310. The third-order valence-corrected chi connectivity index (χ3v) is 5.40. The highest BCUT2D eigenvalue weighted by Crippen LogP contribution is 2.38. The number of aromatic amines is 1. The molecular weight excluding hydrogens is 445 g/mol. The average molecular weight is 464 g/mol. The van der Waals surface area contributed by atoms with Crippen molar-refractivity contribution in [2.24, 2.45) is 0 Å². The maximum atomic E-state index is 9.72. The molecule has 7 heteroatoms. The molecule has 3 aromatic carbocycles. The van der Waals surface area contributed by atoms with Gasteiger partial charge in [-0.05, 0) is 66.1 Å². The number of nitrogens with one attached hydrogen (secondary N) is 1. The smallest absolute Gasteiger partial charge is 0.180 e. The summed E-state index contributed by atoms with van der Waals surface area (Å²) in [5.41, 5.74) is 4.81. The van der Waals surface area contributed by atoms with Gasteiger partial charge in [0.2, 0.25) is 0 Å². The molecule has 1 heterocycles. The van der Waals surface area contributed by atoms with E-state index in [1.807, 2.05) is 37.3 Å². The van der Waals surface area contributed by atoms with E-state index in [4.69, 9.17) is 32.7 Å². The quantitative estimate of drug-likeness (QED) is 0.318. The monoisotopic (exact) mass is 463 g/mol. The number of nitrogens with zero attached hydrogens (tertiary/aromatic N) is 2. The van der Waals surface area contributed by atoms with Gasteiger partial charge in [-0.1, -0.05) is 41.4 Å². The predicted molar refractivity (Wildman–Crippen MR) is 128 cm³/mol. The van der Waals surface area contributed by atoms with Crippen LogP contribution >= 0.6 is 23.2 Å². The van der Waals surface area contributed by atoms with Crippen LogP contribution in [-0.2, 0) is 6.61 Å². The van der Waals surface area contributed by atoms with Gasteiger partial charge in [0.05, 0.1) is 28.7 Å². The Morgan fingerprint density at radius 3 is 2.62 bits per heavy atom. The molecule has 0 aliphatic rings. The van der Waals surface area contributed by atoms with Crippen molar-refractivity contribution in [2.45, 2.75) is 13.5 Å². The van der Waals surface area contributed by atoms with Gasteiger partial charge in [-0.15, -0.1) is 0 Å². The molecule has 4 rings (SSSR count). The number of fused-ring (bicyclic) bond motifs is 1. The molecule has 0 aliphatic heterocycles. The standard InChI is InChI=1S/C25H19Cl2N3O2/c1-15-3-8-21-22(9-15)30-25(29-21)18(13-28)10-17-11-20(27)24(23(12-17)31-2)32-14-16-4-6-19(26)7-5-16/h3-12H,14H2,1-2H3,(H,29,30). The lowest BCUT2D eigenvalue weighted by atomic mass is 10.1. The summed E-state index contributed by atoms with van der Waals surface area (Å²) in [4.78, 5) is 7.73. The Morgan fingerprint density at radius 1 is 1.12 bits per heavy atom. The maximum absolute atomic E-state index is 9.72. The zero-order chi connectivity index (χ0) is 22.7. The summed E-state index contributed by atoms with van der Waals surface area (Å²) < 4.78 is 11.4. The van der Waals surface area contributed by atoms with Crippen LogP contribution in [0, 0.1) is 18.3 Å². The van der Waals surface area contributed by atoms with E-state index in [1.54, 1.807) is 37.5 Å². The molecule has 5 nitrogen and oxygen atoms in total. The molecule has 160 valence electrons.